The summed E-state index contributed by atoms with van der Waals surface area (Å²) < 4.78 is 38.3. The van der Waals surface area contributed by atoms with Crippen LogP contribution in [0.25, 0.3) is 0 Å². The van der Waals surface area contributed by atoms with E-state index in [1.165, 1.54) is 5.69 Å². The van der Waals surface area contributed by atoms with Gasteiger partial charge in [0.05, 0.1) is 5.56 Å². The maximum atomic E-state index is 13.0. The van der Waals surface area contributed by atoms with Crippen LogP contribution in [0.15, 0.2) is 30.7 Å². The van der Waals surface area contributed by atoms with Crippen molar-refractivity contribution in [2.75, 3.05) is 31.1 Å². The third-order valence-corrected chi connectivity index (χ3v) is 6.37. The zero-order valence-electron chi connectivity index (χ0n) is 18.8. The van der Waals surface area contributed by atoms with Gasteiger partial charge in [-0.1, -0.05) is 0 Å². The third-order valence-electron chi connectivity index (χ3n) is 6.37. The van der Waals surface area contributed by atoms with Gasteiger partial charge in [0.1, 0.15) is 0 Å². The van der Waals surface area contributed by atoms with Gasteiger partial charge < -0.3 is 20.1 Å². The summed E-state index contributed by atoms with van der Waals surface area (Å²) in [4.78, 5) is 30.1. The van der Waals surface area contributed by atoms with Crippen LogP contribution in [0, 0.1) is 0 Å². The van der Waals surface area contributed by atoms with Gasteiger partial charge in [-0.2, -0.15) is 13.2 Å². The number of carbonyl (C=O) groups excluding carboxylic acids is 1. The Morgan fingerprint density at radius 2 is 1.79 bits per heavy atom. The van der Waals surface area contributed by atoms with E-state index >= 15 is 0 Å². The van der Waals surface area contributed by atoms with Gasteiger partial charge in [-0.25, -0.2) is 14.8 Å². The van der Waals surface area contributed by atoms with Crippen LogP contribution in [0.5, 0.6) is 0 Å². The number of urea groups is 1. The summed E-state index contributed by atoms with van der Waals surface area (Å²) in [5.41, 5.74) is 0.319. The summed E-state index contributed by atoms with van der Waals surface area (Å²) >= 11 is 0. The Kier molecular flexibility index (Phi) is 6.78. The van der Waals surface area contributed by atoms with E-state index in [4.69, 9.17) is 0 Å². The fraction of sp³-hybridized carbons (Fsp3) is 0.591. The van der Waals surface area contributed by atoms with Crippen LogP contribution in [-0.4, -0.2) is 75.1 Å². The van der Waals surface area contributed by atoms with E-state index < -0.39 is 11.7 Å². The molecule has 11 heteroatoms. The van der Waals surface area contributed by atoms with Crippen molar-refractivity contribution in [3.63, 3.8) is 0 Å². The summed E-state index contributed by atoms with van der Waals surface area (Å²) in [6, 6.07) is 3.85. The minimum Gasteiger partial charge on any atom is -0.364 e. The third kappa shape index (κ3) is 5.58. The van der Waals surface area contributed by atoms with Gasteiger partial charge in [0, 0.05) is 75.1 Å². The molecular weight excluding hydrogens is 435 g/mol. The average Bonchev–Trinajstić information content (AvgIpc) is 3.27. The standard InChI is InChI=1S/C22H30F3N7O/c1-15-12-31(20-27-10-17(11-28-20)22(23,24)25)13-16(2)32(15)21(33)29-18-5-8-30(9-6-18)14-19-4-3-7-26-19/h3-4,7,10-11,15-16,18,26H,5-6,8-9,12-14H2,1-2H3,(H,29,33)/t15-,16+. The number of hydrogen-bond acceptors (Lipinski definition) is 5. The van der Waals surface area contributed by atoms with E-state index in [1.807, 2.05) is 35.9 Å². The first kappa shape index (κ1) is 23.3. The molecule has 4 heterocycles. The first-order valence-corrected chi connectivity index (χ1v) is 11.3. The quantitative estimate of drug-likeness (QED) is 0.726. The van der Waals surface area contributed by atoms with Crippen molar-refractivity contribution in [1.29, 1.82) is 0 Å². The minimum absolute atomic E-state index is 0.0918. The number of rotatable bonds is 4. The van der Waals surface area contributed by atoms with E-state index in [0.717, 1.165) is 44.9 Å². The Balaban J connectivity index is 1.29. The monoisotopic (exact) mass is 465 g/mol. The largest absolute Gasteiger partial charge is 0.419 e. The molecule has 2 atom stereocenters. The summed E-state index contributed by atoms with van der Waals surface area (Å²) in [5, 5.41) is 3.19. The average molecular weight is 466 g/mol. The minimum atomic E-state index is -4.46. The van der Waals surface area contributed by atoms with Gasteiger partial charge in [0.2, 0.25) is 5.95 Å². The second kappa shape index (κ2) is 9.58. The first-order chi connectivity index (χ1) is 15.7. The highest BCUT2D eigenvalue weighted by Crippen LogP contribution is 2.29. The fourth-order valence-corrected chi connectivity index (χ4v) is 4.71. The Hall–Kier alpha value is -2.82. The number of alkyl halides is 3. The molecule has 0 aliphatic carbocycles. The maximum Gasteiger partial charge on any atom is 0.419 e. The van der Waals surface area contributed by atoms with Crippen LogP contribution in [0.1, 0.15) is 37.9 Å². The van der Waals surface area contributed by atoms with Crippen molar-refractivity contribution >= 4 is 12.0 Å². The number of carbonyl (C=O) groups is 1. The molecule has 2 saturated heterocycles. The Bertz CT molecular complexity index is 899. The molecule has 0 spiro atoms. The van der Waals surface area contributed by atoms with E-state index in [9.17, 15) is 18.0 Å². The molecule has 2 aromatic rings. The number of likely N-dealkylation sites (tertiary alicyclic amines) is 1. The zero-order chi connectivity index (χ0) is 23.6. The van der Waals surface area contributed by atoms with Crippen LogP contribution in [-0.2, 0) is 12.7 Å². The van der Waals surface area contributed by atoms with Crippen molar-refractivity contribution in [2.45, 2.75) is 57.5 Å². The Labute approximate surface area is 191 Å². The van der Waals surface area contributed by atoms with Crippen LogP contribution >= 0.6 is 0 Å². The number of aromatic nitrogens is 3. The van der Waals surface area contributed by atoms with Gasteiger partial charge in [0.15, 0.2) is 0 Å². The van der Waals surface area contributed by atoms with Crippen molar-refractivity contribution in [2.24, 2.45) is 0 Å². The van der Waals surface area contributed by atoms with Crippen molar-refractivity contribution in [3.8, 4) is 0 Å². The molecule has 0 unspecified atom stereocenters. The number of halogens is 3. The lowest BCUT2D eigenvalue weighted by atomic mass is 10.0. The smallest absolute Gasteiger partial charge is 0.364 e. The van der Waals surface area contributed by atoms with Gasteiger partial charge in [0.25, 0.3) is 0 Å². The second-order valence-corrected chi connectivity index (χ2v) is 8.98. The predicted molar refractivity (Wildman–Crippen MR) is 118 cm³/mol. The molecule has 0 bridgehead atoms. The van der Waals surface area contributed by atoms with Gasteiger partial charge in [-0.05, 0) is 38.8 Å². The Morgan fingerprint density at radius 1 is 1.15 bits per heavy atom. The number of nitrogens with zero attached hydrogens (tertiary/aromatic N) is 5. The van der Waals surface area contributed by atoms with Crippen LogP contribution in [0.4, 0.5) is 23.9 Å². The number of nitrogens with one attached hydrogen (secondary N) is 2. The maximum absolute atomic E-state index is 13.0. The van der Waals surface area contributed by atoms with E-state index in [0.29, 0.717) is 13.1 Å². The van der Waals surface area contributed by atoms with Crippen LogP contribution < -0.4 is 10.2 Å². The highest BCUT2D eigenvalue weighted by Gasteiger charge is 2.36. The van der Waals surface area contributed by atoms with Crippen molar-refractivity contribution in [3.05, 3.63) is 42.0 Å². The first-order valence-electron chi connectivity index (χ1n) is 11.3. The molecule has 2 aliphatic rings. The zero-order valence-corrected chi connectivity index (χ0v) is 18.8. The van der Waals surface area contributed by atoms with Crippen molar-refractivity contribution < 1.29 is 18.0 Å². The number of amides is 2. The summed E-state index contributed by atoms with van der Waals surface area (Å²) in [6.07, 6.45) is 0.864. The second-order valence-electron chi connectivity index (χ2n) is 8.98. The molecule has 33 heavy (non-hydrogen) atoms. The van der Waals surface area contributed by atoms with Gasteiger partial charge in [-0.15, -0.1) is 0 Å². The molecule has 2 aromatic heterocycles. The molecule has 8 nitrogen and oxygen atoms in total. The van der Waals surface area contributed by atoms with E-state index in [2.05, 4.69) is 31.2 Å². The number of hydrogen-bond donors (Lipinski definition) is 2. The number of piperidine rings is 1. The Morgan fingerprint density at radius 3 is 2.33 bits per heavy atom. The number of anilines is 1. The molecule has 0 saturated carbocycles. The highest BCUT2D eigenvalue weighted by atomic mass is 19.4. The van der Waals surface area contributed by atoms with Gasteiger partial charge >= 0.3 is 12.2 Å². The molecule has 2 fully saturated rings. The van der Waals surface area contributed by atoms with Crippen LogP contribution in [0.3, 0.4) is 0 Å². The van der Waals surface area contributed by atoms with Crippen molar-refractivity contribution in [1.82, 2.24) is 30.1 Å². The lowest BCUT2D eigenvalue weighted by Gasteiger charge is -2.45. The summed E-state index contributed by atoms with van der Waals surface area (Å²) in [6.45, 7) is 7.52. The molecular formula is C22H30F3N7O. The molecule has 180 valence electrons. The summed E-state index contributed by atoms with van der Waals surface area (Å²) in [7, 11) is 0. The molecule has 2 amide bonds. The normalized spacial score (nSPS) is 23.1. The van der Waals surface area contributed by atoms with Gasteiger partial charge in [-0.3, -0.25) is 4.90 Å². The number of H-pyrrole nitrogens is 1. The highest BCUT2D eigenvalue weighted by molar-refractivity contribution is 5.75. The molecule has 4 rings (SSSR count). The lowest BCUT2D eigenvalue weighted by molar-refractivity contribution is -0.138. The fourth-order valence-electron chi connectivity index (χ4n) is 4.71. The van der Waals surface area contributed by atoms with E-state index in [1.54, 1.807) is 0 Å². The molecule has 0 radical (unpaired) electrons. The summed E-state index contributed by atoms with van der Waals surface area (Å²) in [5.74, 6) is 0.246. The molecule has 2 aliphatic heterocycles. The SMILES string of the molecule is C[C@@H]1CN(c2ncc(C(F)(F)F)cn2)C[C@H](C)N1C(=O)NC1CCN(Cc2ccc[nH]2)CC1. The number of piperazine rings is 1. The lowest BCUT2D eigenvalue weighted by Crippen LogP contribution is -2.62. The molecule has 0 aromatic carbocycles. The number of aromatic amines is 1. The molecule has 2 N–H and O–H groups in total. The van der Waals surface area contributed by atoms with E-state index in [-0.39, 0.29) is 30.1 Å². The predicted octanol–water partition coefficient (Wildman–Crippen LogP) is 3.10. The topological polar surface area (TPSA) is 80.4 Å². The van der Waals surface area contributed by atoms with Crippen LogP contribution in [0.2, 0.25) is 0 Å².